The van der Waals surface area contributed by atoms with E-state index in [1.807, 2.05) is 0 Å². The van der Waals surface area contributed by atoms with Gasteiger partial charge in [0.2, 0.25) is 5.28 Å². The summed E-state index contributed by atoms with van der Waals surface area (Å²) in [5.74, 6) is -5.28. The molecule has 4 atom stereocenters. The number of hydrogen-bond acceptors (Lipinski definition) is 5. The Bertz CT molecular complexity index is 843. The molecule has 9 heteroatoms. The standard InChI is InChI=1S/C17H19ClF2N4O2/c1-2-26-15(25)12-10-6-5-9(8-17(10,19)20)13(12)21-14-11-4-3-7-24(11)23-16(18)22-14/h3-4,7,9-10,12-13H,2,5-6,8H2,1H3,(H,21,22,23)/t9-,10-,12-,13+/m0/s1. The third-order valence-corrected chi connectivity index (χ3v) is 5.64. The number of rotatable bonds is 4. The molecule has 0 unspecified atom stereocenters. The average Bonchev–Trinajstić information content (AvgIpc) is 3.03. The molecule has 2 aromatic rings. The molecule has 1 N–H and O–H groups in total. The number of esters is 1. The van der Waals surface area contributed by atoms with Crippen LogP contribution in [0.5, 0.6) is 0 Å². The summed E-state index contributed by atoms with van der Waals surface area (Å²) >= 11 is 5.98. The SMILES string of the molecule is CCOC(=O)[C@@H]1[C@H](Nc2nc(Cl)nn3cccc23)[C@H]2CC[C@@H]1C(F)(F)C2. The molecular weight excluding hydrogens is 366 g/mol. The van der Waals surface area contributed by atoms with Crippen molar-refractivity contribution >= 4 is 28.9 Å². The topological polar surface area (TPSA) is 68.5 Å². The molecule has 2 aromatic heterocycles. The van der Waals surface area contributed by atoms with Gasteiger partial charge in [0.1, 0.15) is 5.52 Å². The molecule has 2 heterocycles. The molecule has 26 heavy (non-hydrogen) atoms. The zero-order valence-electron chi connectivity index (χ0n) is 14.2. The Kier molecular flexibility index (Phi) is 4.25. The molecule has 3 aliphatic carbocycles. The van der Waals surface area contributed by atoms with Crippen LogP contribution < -0.4 is 5.32 Å². The highest BCUT2D eigenvalue weighted by molar-refractivity contribution is 6.28. The Hall–Kier alpha value is -1.96. The van der Waals surface area contributed by atoms with Gasteiger partial charge in [-0.25, -0.2) is 13.3 Å². The number of nitrogens with zero attached hydrogens (tertiary/aromatic N) is 3. The van der Waals surface area contributed by atoms with Crippen molar-refractivity contribution in [3.05, 3.63) is 23.6 Å². The zero-order chi connectivity index (χ0) is 18.5. The predicted octanol–water partition coefficient (Wildman–Crippen LogP) is 3.41. The van der Waals surface area contributed by atoms with Crippen molar-refractivity contribution in [2.24, 2.45) is 17.8 Å². The van der Waals surface area contributed by atoms with E-state index in [2.05, 4.69) is 15.4 Å². The van der Waals surface area contributed by atoms with Gasteiger partial charge in [0, 0.05) is 24.6 Å². The van der Waals surface area contributed by atoms with Gasteiger partial charge in [-0.2, -0.15) is 4.98 Å². The van der Waals surface area contributed by atoms with Crippen molar-refractivity contribution in [2.45, 2.75) is 38.2 Å². The zero-order valence-corrected chi connectivity index (χ0v) is 14.9. The highest BCUT2D eigenvalue weighted by atomic mass is 35.5. The van der Waals surface area contributed by atoms with E-state index in [0.29, 0.717) is 24.2 Å². The molecule has 3 saturated carbocycles. The van der Waals surface area contributed by atoms with Crippen LogP contribution in [0.1, 0.15) is 26.2 Å². The van der Waals surface area contributed by atoms with Gasteiger partial charge in [-0.3, -0.25) is 4.79 Å². The molecule has 0 spiro atoms. The second-order valence-corrected chi connectivity index (χ2v) is 7.26. The summed E-state index contributed by atoms with van der Waals surface area (Å²) in [7, 11) is 0. The maximum atomic E-state index is 14.4. The molecule has 6 nitrogen and oxygen atoms in total. The monoisotopic (exact) mass is 384 g/mol. The van der Waals surface area contributed by atoms with E-state index in [-0.39, 0.29) is 24.2 Å². The summed E-state index contributed by atoms with van der Waals surface area (Å²) in [5.41, 5.74) is 0.671. The van der Waals surface area contributed by atoms with Gasteiger partial charge in [0.15, 0.2) is 5.82 Å². The third-order valence-electron chi connectivity index (χ3n) is 5.48. The average molecular weight is 385 g/mol. The predicted molar refractivity (Wildman–Crippen MR) is 91.3 cm³/mol. The Balaban J connectivity index is 1.71. The first kappa shape index (κ1) is 17.5. The van der Waals surface area contributed by atoms with Crippen molar-refractivity contribution in [3.8, 4) is 0 Å². The van der Waals surface area contributed by atoms with E-state index in [9.17, 15) is 13.6 Å². The van der Waals surface area contributed by atoms with Gasteiger partial charge in [-0.1, -0.05) is 0 Å². The Morgan fingerprint density at radius 1 is 1.50 bits per heavy atom. The largest absolute Gasteiger partial charge is 0.466 e. The van der Waals surface area contributed by atoms with Crippen LogP contribution in [0.15, 0.2) is 18.3 Å². The number of fused-ring (bicyclic) bond motifs is 4. The minimum Gasteiger partial charge on any atom is -0.466 e. The maximum Gasteiger partial charge on any atom is 0.311 e. The molecule has 140 valence electrons. The fourth-order valence-corrected chi connectivity index (χ4v) is 4.59. The van der Waals surface area contributed by atoms with Gasteiger partial charge in [-0.15, -0.1) is 5.10 Å². The number of hydrogen-bond donors (Lipinski definition) is 1. The van der Waals surface area contributed by atoms with Crippen LogP contribution in [-0.2, 0) is 9.53 Å². The van der Waals surface area contributed by atoms with Crippen LogP contribution in [0.4, 0.5) is 14.6 Å². The normalized spacial score (nSPS) is 29.7. The van der Waals surface area contributed by atoms with Crippen molar-refractivity contribution < 1.29 is 18.3 Å². The number of carbonyl (C=O) groups is 1. The number of carbonyl (C=O) groups excluding carboxylic acids is 1. The summed E-state index contributed by atoms with van der Waals surface area (Å²) in [5, 5.41) is 7.32. The fourth-order valence-electron chi connectivity index (χ4n) is 4.43. The second-order valence-electron chi connectivity index (χ2n) is 6.92. The number of halogens is 3. The molecule has 0 amide bonds. The first-order valence-electron chi connectivity index (χ1n) is 8.72. The summed E-state index contributed by atoms with van der Waals surface area (Å²) in [4.78, 5) is 16.7. The molecular formula is C17H19ClF2N4O2. The van der Waals surface area contributed by atoms with Crippen molar-refractivity contribution in [2.75, 3.05) is 11.9 Å². The highest BCUT2D eigenvalue weighted by Crippen LogP contribution is 2.54. The summed E-state index contributed by atoms with van der Waals surface area (Å²) in [6.07, 6.45) is 2.45. The Morgan fingerprint density at radius 2 is 2.31 bits per heavy atom. The van der Waals surface area contributed by atoms with Gasteiger partial charge in [0.25, 0.3) is 5.92 Å². The quantitative estimate of drug-likeness (QED) is 0.818. The smallest absolute Gasteiger partial charge is 0.311 e. The van der Waals surface area contributed by atoms with E-state index >= 15 is 0 Å². The van der Waals surface area contributed by atoms with Crippen LogP contribution in [0.3, 0.4) is 0 Å². The molecule has 0 saturated heterocycles. The molecule has 3 fully saturated rings. The molecule has 0 aromatic carbocycles. The number of anilines is 1. The summed E-state index contributed by atoms with van der Waals surface area (Å²) in [6, 6.07) is 3.11. The van der Waals surface area contributed by atoms with E-state index in [1.165, 1.54) is 0 Å². The molecule has 0 radical (unpaired) electrons. The minimum absolute atomic E-state index is 0.0372. The lowest BCUT2D eigenvalue weighted by molar-refractivity contribution is -0.186. The molecule has 5 rings (SSSR count). The van der Waals surface area contributed by atoms with Gasteiger partial charge >= 0.3 is 5.97 Å². The lowest BCUT2D eigenvalue weighted by Gasteiger charge is -2.51. The summed E-state index contributed by atoms with van der Waals surface area (Å²) < 4.78 is 35.6. The number of ether oxygens (including phenoxy) is 1. The summed E-state index contributed by atoms with van der Waals surface area (Å²) in [6.45, 7) is 1.83. The number of alkyl halides is 2. The fraction of sp³-hybridized carbons (Fsp3) is 0.588. The highest BCUT2D eigenvalue weighted by Gasteiger charge is 2.60. The first-order chi connectivity index (χ1) is 12.4. The van der Waals surface area contributed by atoms with Crippen LogP contribution in [0.25, 0.3) is 5.52 Å². The Labute approximate surface area is 153 Å². The lowest BCUT2D eigenvalue weighted by Crippen LogP contribution is -2.59. The van der Waals surface area contributed by atoms with Crippen molar-refractivity contribution in [3.63, 3.8) is 0 Å². The second kappa shape index (κ2) is 6.33. The van der Waals surface area contributed by atoms with Crippen LogP contribution in [0, 0.1) is 17.8 Å². The number of aromatic nitrogens is 3. The van der Waals surface area contributed by atoms with Crippen LogP contribution in [0.2, 0.25) is 5.28 Å². The Morgan fingerprint density at radius 3 is 3.04 bits per heavy atom. The molecule has 2 bridgehead atoms. The van der Waals surface area contributed by atoms with E-state index in [4.69, 9.17) is 16.3 Å². The first-order valence-corrected chi connectivity index (χ1v) is 9.10. The number of nitrogens with one attached hydrogen (secondary N) is 1. The van der Waals surface area contributed by atoms with Gasteiger partial charge in [-0.05, 0) is 49.4 Å². The lowest BCUT2D eigenvalue weighted by atomic mass is 9.59. The van der Waals surface area contributed by atoms with Crippen molar-refractivity contribution in [1.29, 1.82) is 0 Å². The molecule has 3 aliphatic rings. The van der Waals surface area contributed by atoms with E-state index < -0.39 is 29.8 Å². The third kappa shape index (κ3) is 2.80. The van der Waals surface area contributed by atoms with Crippen molar-refractivity contribution in [1.82, 2.24) is 14.6 Å². The van der Waals surface area contributed by atoms with Gasteiger partial charge in [0.05, 0.1) is 12.5 Å². The maximum absolute atomic E-state index is 14.4. The van der Waals surface area contributed by atoms with Gasteiger partial charge < -0.3 is 10.1 Å². The van der Waals surface area contributed by atoms with Crippen LogP contribution in [-0.4, -0.2) is 39.1 Å². The van der Waals surface area contributed by atoms with E-state index in [0.717, 1.165) is 0 Å². The minimum atomic E-state index is -2.85. The van der Waals surface area contributed by atoms with Crippen LogP contribution >= 0.6 is 11.6 Å². The van der Waals surface area contributed by atoms with E-state index in [1.54, 1.807) is 29.8 Å². The molecule has 0 aliphatic heterocycles.